The summed E-state index contributed by atoms with van der Waals surface area (Å²) in [4.78, 5) is 14.2. The molecule has 0 unspecified atom stereocenters. The van der Waals surface area contributed by atoms with Crippen LogP contribution in [0.4, 0.5) is 0 Å². The number of piperidine rings is 1. The van der Waals surface area contributed by atoms with E-state index in [9.17, 15) is 4.79 Å². The molecule has 1 amide bonds. The second-order valence-corrected chi connectivity index (χ2v) is 6.67. The summed E-state index contributed by atoms with van der Waals surface area (Å²) in [5, 5.41) is 0. The third-order valence-electron chi connectivity index (χ3n) is 3.69. The Bertz CT molecular complexity index is 451. The van der Waals surface area contributed by atoms with E-state index in [1.807, 2.05) is 51.7 Å². The first-order valence-corrected chi connectivity index (χ1v) is 8.39. The molecule has 0 aliphatic carbocycles. The number of amides is 1. The van der Waals surface area contributed by atoms with Gasteiger partial charge in [0.1, 0.15) is 11.9 Å². The molecule has 0 aromatic heterocycles. The zero-order chi connectivity index (χ0) is 16.8. The van der Waals surface area contributed by atoms with Crippen molar-refractivity contribution in [3.8, 4) is 5.75 Å². The van der Waals surface area contributed by atoms with Gasteiger partial charge in [-0.1, -0.05) is 52.3 Å². The van der Waals surface area contributed by atoms with Crippen LogP contribution in [-0.4, -0.2) is 30.0 Å². The van der Waals surface area contributed by atoms with Crippen LogP contribution >= 0.6 is 0 Å². The van der Waals surface area contributed by atoms with E-state index < -0.39 is 0 Å². The first-order chi connectivity index (χ1) is 10.4. The van der Waals surface area contributed by atoms with Gasteiger partial charge in [-0.15, -0.1) is 0 Å². The van der Waals surface area contributed by atoms with E-state index in [0.717, 1.165) is 31.7 Å². The molecule has 1 aliphatic heterocycles. The van der Waals surface area contributed by atoms with Crippen LogP contribution < -0.4 is 4.74 Å². The predicted octanol–water partition coefficient (Wildman–Crippen LogP) is 4.44. The van der Waals surface area contributed by atoms with Gasteiger partial charge < -0.3 is 9.64 Å². The van der Waals surface area contributed by atoms with Crippen molar-refractivity contribution in [1.29, 1.82) is 0 Å². The molecule has 1 aliphatic rings. The molecule has 0 bridgehead atoms. The van der Waals surface area contributed by atoms with Gasteiger partial charge in [-0.3, -0.25) is 4.79 Å². The van der Waals surface area contributed by atoms with Crippen molar-refractivity contribution in [2.24, 2.45) is 5.41 Å². The predicted molar refractivity (Wildman–Crippen MR) is 92.2 cm³/mol. The van der Waals surface area contributed by atoms with E-state index in [2.05, 4.69) is 19.1 Å². The van der Waals surface area contributed by atoms with Crippen LogP contribution in [0.5, 0.6) is 5.75 Å². The fourth-order valence-electron chi connectivity index (χ4n) is 2.46. The lowest BCUT2D eigenvalue weighted by Crippen LogP contribution is -2.46. The van der Waals surface area contributed by atoms with E-state index in [4.69, 9.17) is 4.74 Å². The highest BCUT2D eigenvalue weighted by atomic mass is 16.5. The van der Waals surface area contributed by atoms with E-state index in [-0.39, 0.29) is 17.4 Å². The van der Waals surface area contributed by atoms with Gasteiger partial charge in [0, 0.05) is 31.3 Å². The highest BCUT2D eigenvalue weighted by molar-refractivity contribution is 5.81. The van der Waals surface area contributed by atoms with E-state index in [0.29, 0.717) is 0 Å². The molecular weight excluding hydrogens is 274 g/mol. The lowest BCUT2D eigenvalue weighted by molar-refractivity contribution is -0.141. The zero-order valence-corrected chi connectivity index (χ0v) is 15.0. The molecule has 2 rings (SSSR count). The maximum absolute atomic E-state index is 12.2. The van der Waals surface area contributed by atoms with Crippen molar-refractivity contribution in [3.63, 3.8) is 0 Å². The number of ether oxygens (including phenoxy) is 1. The second-order valence-electron chi connectivity index (χ2n) is 6.67. The molecule has 1 aromatic carbocycles. The molecular formula is C19H31NO2. The van der Waals surface area contributed by atoms with E-state index in [1.165, 1.54) is 5.56 Å². The summed E-state index contributed by atoms with van der Waals surface area (Å²) >= 11 is 0. The number of hydrogen-bond donors (Lipinski definition) is 0. The van der Waals surface area contributed by atoms with Crippen molar-refractivity contribution in [2.45, 2.75) is 60.5 Å². The quantitative estimate of drug-likeness (QED) is 0.808. The van der Waals surface area contributed by atoms with Crippen molar-refractivity contribution in [3.05, 3.63) is 29.8 Å². The number of nitrogens with zero attached hydrogens (tertiary/aromatic N) is 1. The standard InChI is InChI=1S/C17H25NO2.C2H6/c1-13-5-7-14(8-6-13)20-15-9-11-18(12-10-15)16(19)17(2,3)4;1-2/h5-8,15H,9-12H2,1-4H3;1-2H3. The SMILES string of the molecule is CC.Cc1ccc(OC2CCN(C(=O)C(C)(C)C)CC2)cc1. The van der Waals surface area contributed by atoms with Crippen LogP contribution in [0.25, 0.3) is 0 Å². The molecule has 3 nitrogen and oxygen atoms in total. The van der Waals surface area contributed by atoms with Gasteiger partial charge in [0.25, 0.3) is 0 Å². The smallest absolute Gasteiger partial charge is 0.227 e. The number of hydrogen-bond acceptors (Lipinski definition) is 2. The molecule has 22 heavy (non-hydrogen) atoms. The lowest BCUT2D eigenvalue weighted by Gasteiger charge is -2.35. The lowest BCUT2D eigenvalue weighted by atomic mass is 9.93. The van der Waals surface area contributed by atoms with Crippen LogP contribution in [0.3, 0.4) is 0 Å². The first kappa shape index (κ1) is 18.5. The Hall–Kier alpha value is -1.51. The molecule has 1 aromatic rings. The fourth-order valence-corrected chi connectivity index (χ4v) is 2.46. The highest BCUT2D eigenvalue weighted by Gasteiger charge is 2.30. The first-order valence-electron chi connectivity index (χ1n) is 8.39. The van der Waals surface area contributed by atoms with Crippen molar-refractivity contribution in [2.75, 3.05) is 13.1 Å². The molecule has 0 radical (unpaired) electrons. The number of carbonyl (C=O) groups is 1. The van der Waals surface area contributed by atoms with Crippen molar-refractivity contribution < 1.29 is 9.53 Å². The molecule has 1 fully saturated rings. The summed E-state index contributed by atoms with van der Waals surface area (Å²) in [6.45, 7) is 13.6. The summed E-state index contributed by atoms with van der Waals surface area (Å²) < 4.78 is 5.99. The Balaban J connectivity index is 0.00000116. The Kier molecular flexibility index (Phi) is 6.92. The Morgan fingerprint density at radius 3 is 2.05 bits per heavy atom. The normalized spacial score (nSPS) is 15.8. The fraction of sp³-hybridized carbons (Fsp3) is 0.632. The molecule has 0 saturated carbocycles. The minimum Gasteiger partial charge on any atom is -0.490 e. The molecule has 3 heteroatoms. The van der Waals surface area contributed by atoms with Gasteiger partial charge in [-0.05, 0) is 19.1 Å². The highest BCUT2D eigenvalue weighted by Crippen LogP contribution is 2.23. The third kappa shape index (κ3) is 5.36. The maximum Gasteiger partial charge on any atom is 0.227 e. The summed E-state index contributed by atoms with van der Waals surface area (Å²) in [6.07, 6.45) is 2.05. The number of likely N-dealkylation sites (tertiary alicyclic amines) is 1. The molecule has 1 heterocycles. The van der Waals surface area contributed by atoms with Crippen LogP contribution in [0.15, 0.2) is 24.3 Å². The monoisotopic (exact) mass is 305 g/mol. The van der Waals surface area contributed by atoms with Crippen LogP contribution in [0.2, 0.25) is 0 Å². The van der Waals surface area contributed by atoms with Crippen molar-refractivity contribution in [1.82, 2.24) is 4.90 Å². The minimum atomic E-state index is -0.287. The van der Waals surface area contributed by atoms with Gasteiger partial charge in [0.15, 0.2) is 0 Å². The largest absolute Gasteiger partial charge is 0.490 e. The Morgan fingerprint density at radius 2 is 1.59 bits per heavy atom. The van der Waals surface area contributed by atoms with Gasteiger partial charge >= 0.3 is 0 Å². The molecule has 0 N–H and O–H groups in total. The number of aryl methyl sites for hydroxylation is 1. The van der Waals surface area contributed by atoms with Crippen LogP contribution in [0, 0.1) is 12.3 Å². The number of benzene rings is 1. The van der Waals surface area contributed by atoms with Crippen LogP contribution in [0.1, 0.15) is 53.0 Å². The molecule has 1 saturated heterocycles. The van der Waals surface area contributed by atoms with Gasteiger partial charge in [0.2, 0.25) is 5.91 Å². The van der Waals surface area contributed by atoms with Gasteiger partial charge in [-0.2, -0.15) is 0 Å². The van der Waals surface area contributed by atoms with Gasteiger partial charge in [-0.25, -0.2) is 0 Å². The van der Waals surface area contributed by atoms with E-state index in [1.54, 1.807) is 0 Å². The Labute approximate surface area is 135 Å². The summed E-state index contributed by atoms with van der Waals surface area (Å²) in [7, 11) is 0. The average molecular weight is 305 g/mol. The number of carbonyl (C=O) groups excluding carboxylic acids is 1. The van der Waals surface area contributed by atoms with E-state index >= 15 is 0 Å². The second kappa shape index (κ2) is 8.21. The topological polar surface area (TPSA) is 29.5 Å². The molecule has 124 valence electrons. The maximum atomic E-state index is 12.2. The number of rotatable bonds is 2. The molecule has 0 spiro atoms. The minimum absolute atomic E-state index is 0.224. The van der Waals surface area contributed by atoms with Crippen molar-refractivity contribution >= 4 is 5.91 Å². The Morgan fingerprint density at radius 1 is 1.09 bits per heavy atom. The molecule has 0 atom stereocenters. The van der Waals surface area contributed by atoms with Crippen LogP contribution in [-0.2, 0) is 4.79 Å². The summed E-state index contributed by atoms with van der Waals surface area (Å²) in [5.41, 5.74) is 0.952. The average Bonchev–Trinajstić information content (AvgIpc) is 2.51. The summed E-state index contributed by atoms with van der Waals surface area (Å²) in [6, 6.07) is 8.16. The summed E-state index contributed by atoms with van der Waals surface area (Å²) in [5.74, 6) is 1.17. The zero-order valence-electron chi connectivity index (χ0n) is 15.0. The van der Waals surface area contributed by atoms with Gasteiger partial charge in [0.05, 0.1) is 0 Å². The third-order valence-corrected chi connectivity index (χ3v) is 3.69.